The normalized spacial score (nSPS) is 12.7. The summed E-state index contributed by atoms with van der Waals surface area (Å²) in [6.07, 6.45) is 87.0. The molecule has 0 aromatic heterocycles. The second kappa shape index (κ2) is 64.9. The zero-order valence-electron chi connectivity index (χ0n) is 50.7. The highest BCUT2D eigenvalue weighted by Crippen LogP contribution is 2.16. The van der Waals surface area contributed by atoms with Crippen LogP contribution in [0.3, 0.4) is 0 Å². The standard InChI is InChI=1S/C71H122O6/c1-4-7-10-13-16-19-22-25-27-29-30-31-32-33-34-35-36-37-38-39-40-42-43-46-49-52-55-58-61-64-70(73)76-67-68(66-75-69(72)63-60-57-54-51-48-45-24-21-18-15-12-9-6-3)77-71(74)65-62-59-56-53-50-47-44-41-28-26-23-20-17-14-11-8-5-2/h7,10,16,19,21,24-25,27,30-31,33-34,36-37,39-40,68H,4-6,8-9,11-15,17-18,20,22-23,26,28-29,32,35,38,41-67H2,1-3H3/b10-7-,19-16-,24-21-,27-25-,31-30-,34-33-,37-36-,40-39-. The van der Waals surface area contributed by atoms with Crippen LogP contribution in [-0.2, 0) is 28.6 Å². The average Bonchev–Trinajstić information content (AvgIpc) is 3.43. The van der Waals surface area contributed by atoms with Crippen LogP contribution in [0.4, 0.5) is 0 Å². The molecule has 0 saturated heterocycles. The van der Waals surface area contributed by atoms with Crippen LogP contribution >= 0.6 is 0 Å². The molecule has 0 saturated carbocycles. The molecule has 0 spiro atoms. The molecule has 0 aliphatic rings. The third-order valence-corrected chi connectivity index (χ3v) is 14.1. The van der Waals surface area contributed by atoms with E-state index in [2.05, 4.69) is 118 Å². The number of rotatable bonds is 59. The van der Waals surface area contributed by atoms with Crippen LogP contribution in [0, 0.1) is 0 Å². The molecular weight excluding hydrogens is 949 g/mol. The quantitative estimate of drug-likeness (QED) is 0.0261. The second-order valence-corrected chi connectivity index (χ2v) is 21.6. The zero-order chi connectivity index (χ0) is 55.7. The van der Waals surface area contributed by atoms with Crippen LogP contribution in [0.25, 0.3) is 0 Å². The van der Waals surface area contributed by atoms with Gasteiger partial charge in [-0.2, -0.15) is 0 Å². The molecule has 1 atom stereocenters. The minimum atomic E-state index is -0.785. The van der Waals surface area contributed by atoms with Crippen LogP contribution in [0.5, 0.6) is 0 Å². The topological polar surface area (TPSA) is 78.9 Å². The first-order chi connectivity index (χ1) is 38.0. The molecule has 6 nitrogen and oxygen atoms in total. The molecule has 77 heavy (non-hydrogen) atoms. The van der Waals surface area contributed by atoms with Gasteiger partial charge in [0.15, 0.2) is 6.10 Å². The molecule has 0 aliphatic heterocycles. The van der Waals surface area contributed by atoms with Crippen molar-refractivity contribution in [3.05, 3.63) is 97.2 Å². The Hall–Kier alpha value is -3.67. The minimum absolute atomic E-state index is 0.0824. The van der Waals surface area contributed by atoms with Crippen molar-refractivity contribution in [3.63, 3.8) is 0 Å². The first-order valence-corrected chi connectivity index (χ1v) is 32.7. The molecule has 442 valence electrons. The Labute approximate surface area is 477 Å². The molecule has 0 aromatic rings. The molecule has 6 heteroatoms. The summed E-state index contributed by atoms with van der Waals surface area (Å²) in [4.78, 5) is 38.3. The lowest BCUT2D eigenvalue weighted by Gasteiger charge is -2.18. The number of hydrogen-bond donors (Lipinski definition) is 0. The van der Waals surface area contributed by atoms with Gasteiger partial charge in [-0.1, -0.05) is 291 Å². The highest BCUT2D eigenvalue weighted by molar-refractivity contribution is 5.71. The Balaban J connectivity index is 4.31. The largest absolute Gasteiger partial charge is 0.462 e. The Kier molecular flexibility index (Phi) is 61.8. The summed E-state index contributed by atoms with van der Waals surface area (Å²) in [6, 6.07) is 0. The maximum absolute atomic E-state index is 12.9. The lowest BCUT2D eigenvalue weighted by atomic mass is 10.0. The molecule has 0 rings (SSSR count). The Morgan fingerprint density at radius 2 is 0.506 bits per heavy atom. The highest BCUT2D eigenvalue weighted by atomic mass is 16.6. The smallest absolute Gasteiger partial charge is 0.306 e. The highest BCUT2D eigenvalue weighted by Gasteiger charge is 2.19. The fourth-order valence-electron chi connectivity index (χ4n) is 9.18. The number of carbonyl (C=O) groups excluding carboxylic acids is 3. The van der Waals surface area contributed by atoms with Gasteiger partial charge < -0.3 is 14.2 Å². The predicted molar refractivity (Wildman–Crippen MR) is 334 cm³/mol. The van der Waals surface area contributed by atoms with Gasteiger partial charge in [0.25, 0.3) is 0 Å². The second-order valence-electron chi connectivity index (χ2n) is 21.6. The van der Waals surface area contributed by atoms with E-state index < -0.39 is 6.10 Å². The molecule has 0 N–H and O–H groups in total. The van der Waals surface area contributed by atoms with Gasteiger partial charge in [0, 0.05) is 19.3 Å². The van der Waals surface area contributed by atoms with Crippen molar-refractivity contribution in [3.8, 4) is 0 Å². The van der Waals surface area contributed by atoms with Crippen molar-refractivity contribution in [2.75, 3.05) is 13.2 Å². The van der Waals surface area contributed by atoms with E-state index in [1.807, 2.05) is 0 Å². The van der Waals surface area contributed by atoms with E-state index in [0.29, 0.717) is 19.3 Å². The summed E-state index contributed by atoms with van der Waals surface area (Å²) in [5.74, 6) is -0.889. The number of unbranched alkanes of at least 4 members (excludes halogenated alkanes) is 32. The number of allylic oxidation sites excluding steroid dienone is 16. The molecule has 1 unspecified atom stereocenters. The average molecular weight is 1070 g/mol. The Morgan fingerprint density at radius 3 is 0.818 bits per heavy atom. The lowest BCUT2D eigenvalue weighted by molar-refractivity contribution is -0.167. The van der Waals surface area contributed by atoms with E-state index in [1.54, 1.807) is 0 Å². The van der Waals surface area contributed by atoms with Gasteiger partial charge in [-0.15, -0.1) is 0 Å². The number of esters is 3. The van der Waals surface area contributed by atoms with E-state index in [4.69, 9.17) is 14.2 Å². The van der Waals surface area contributed by atoms with Gasteiger partial charge >= 0.3 is 17.9 Å². The minimum Gasteiger partial charge on any atom is -0.462 e. The van der Waals surface area contributed by atoms with Crippen molar-refractivity contribution in [2.24, 2.45) is 0 Å². The van der Waals surface area contributed by atoms with Gasteiger partial charge in [-0.25, -0.2) is 0 Å². The van der Waals surface area contributed by atoms with E-state index in [1.165, 1.54) is 161 Å². The first kappa shape index (κ1) is 73.3. The first-order valence-electron chi connectivity index (χ1n) is 32.7. The maximum Gasteiger partial charge on any atom is 0.306 e. The molecule has 0 radical (unpaired) electrons. The van der Waals surface area contributed by atoms with Crippen LogP contribution in [0.2, 0.25) is 0 Å². The third-order valence-electron chi connectivity index (χ3n) is 14.1. The van der Waals surface area contributed by atoms with Crippen molar-refractivity contribution < 1.29 is 28.6 Å². The summed E-state index contributed by atoms with van der Waals surface area (Å²) < 4.78 is 16.9. The van der Waals surface area contributed by atoms with Crippen molar-refractivity contribution in [1.82, 2.24) is 0 Å². The number of ether oxygens (including phenoxy) is 3. The lowest BCUT2D eigenvalue weighted by Crippen LogP contribution is -2.30. The molecule has 0 bridgehead atoms. The molecule has 0 amide bonds. The van der Waals surface area contributed by atoms with Gasteiger partial charge in [0.2, 0.25) is 0 Å². The van der Waals surface area contributed by atoms with Crippen LogP contribution in [0.1, 0.15) is 316 Å². The van der Waals surface area contributed by atoms with Crippen molar-refractivity contribution in [2.45, 2.75) is 322 Å². The SMILES string of the molecule is CC/C=C\C/C=C\C/C=C\C/C=C\C/C=C\C/C=C\C/C=C\CCCCCCCCCC(=O)OCC(COC(=O)CCCCCCC/C=C\CCCCCC)OC(=O)CCCCCCCCCCCCCCCCCCC. The van der Waals surface area contributed by atoms with E-state index in [-0.39, 0.29) is 31.1 Å². The fourth-order valence-corrected chi connectivity index (χ4v) is 9.18. The predicted octanol–water partition coefficient (Wildman–Crippen LogP) is 22.4. The van der Waals surface area contributed by atoms with E-state index in [9.17, 15) is 14.4 Å². The molecule has 0 aromatic carbocycles. The van der Waals surface area contributed by atoms with E-state index in [0.717, 1.165) is 116 Å². The van der Waals surface area contributed by atoms with Crippen molar-refractivity contribution in [1.29, 1.82) is 0 Å². The summed E-state index contributed by atoms with van der Waals surface area (Å²) >= 11 is 0. The third kappa shape index (κ3) is 63.0. The molecular formula is C71H122O6. The summed E-state index contributed by atoms with van der Waals surface area (Å²) in [5, 5.41) is 0. The van der Waals surface area contributed by atoms with Crippen LogP contribution < -0.4 is 0 Å². The van der Waals surface area contributed by atoms with Crippen molar-refractivity contribution >= 4 is 17.9 Å². The molecule has 0 heterocycles. The summed E-state index contributed by atoms with van der Waals surface area (Å²) in [5.41, 5.74) is 0. The summed E-state index contributed by atoms with van der Waals surface area (Å²) in [6.45, 7) is 6.53. The van der Waals surface area contributed by atoms with Crippen LogP contribution in [0.15, 0.2) is 97.2 Å². The number of carbonyl (C=O) groups is 3. The molecule has 0 aliphatic carbocycles. The van der Waals surface area contributed by atoms with Gasteiger partial charge in [-0.05, 0) is 103 Å². The maximum atomic E-state index is 12.9. The van der Waals surface area contributed by atoms with Gasteiger partial charge in [-0.3, -0.25) is 14.4 Å². The fraction of sp³-hybridized carbons (Fsp3) is 0.732. The number of hydrogen-bond acceptors (Lipinski definition) is 6. The molecule has 0 fully saturated rings. The van der Waals surface area contributed by atoms with Crippen LogP contribution in [-0.4, -0.2) is 37.2 Å². The Bertz CT molecular complexity index is 1510. The summed E-state index contributed by atoms with van der Waals surface area (Å²) in [7, 11) is 0. The monoisotopic (exact) mass is 1070 g/mol. The van der Waals surface area contributed by atoms with Gasteiger partial charge in [0.1, 0.15) is 13.2 Å². The zero-order valence-corrected chi connectivity index (χ0v) is 50.7. The van der Waals surface area contributed by atoms with E-state index >= 15 is 0 Å². The Morgan fingerprint density at radius 1 is 0.273 bits per heavy atom. The van der Waals surface area contributed by atoms with Gasteiger partial charge in [0.05, 0.1) is 0 Å².